The lowest BCUT2D eigenvalue weighted by atomic mass is 10.1. The van der Waals surface area contributed by atoms with E-state index in [1.807, 2.05) is 6.07 Å². The highest BCUT2D eigenvalue weighted by atomic mass is 79.9. The van der Waals surface area contributed by atoms with Crippen molar-refractivity contribution >= 4 is 60.7 Å². The molecular formula is C29H32BrClN4O7S. The average Bonchev–Trinajstić information content (AvgIpc) is 2.93. The van der Waals surface area contributed by atoms with E-state index in [-0.39, 0.29) is 34.6 Å². The Morgan fingerprint density at radius 2 is 1.79 bits per heavy atom. The number of nitrogens with one attached hydrogen (secondary N) is 1. The van der Waals surface area contributed by atoms with Gasteiger partial charge >= 0.3 is 0 Å². The Morgan fingerprint density at radius 1 is 1.09 bits per heavy atom. The summed E-state index contributed by atoms with van der Waals surface area (Å²) in [6, 6.07) is 13.7. The molecule has 0 saturated heterocycles. The monoisotopic (exact) mass is 694 g/mol. The predicted octanol–water partition coefficient (Wildman–Crippen LogP) is 5.46. The lowest BCUT2D eigenvalue weighted by molar-refractivity contribution is -0.385. The van der Waals surface area contributed by atoms with Crippen LogP contribution in [-0.2, 0) is 26.2 Å². The number of rotatable bonds is 12. The van der Waals surface area contributed by atoms with E-state index in [2.05, 4.69) is 21.2 Å². The maximum Gasteiger partial charge on any atom is 0.273 e. The number of sulfonamides is 1. The zero-order chi connectivity index (χ0) is 32.1. The summed E-state index contributed by atoms with van der Waals surface area (Å²) in [5, 5.41) is 14.6. The number of hydrogen-bond donors (Lipinski definition) is 1. The van der Waals surface area contributed by atoms with Crippen LogP contribution in [0.25, 0.3) is 0 Å². The van der Waals surface area contributed by atoms with Gasteiger partial charge in [-0.25, -0.2) is 8.42 Å². The van der Waals surface area contributed by atoms with Crippen molar-refractivity contribution in [2.75, 3.05) is 18.0 Å². The summed E-state index contributed by atoms with van der Waals surface area (Å²) >= 11 is 9.65. The van der Waals surface area contributed by atoms with Gasteiger partial charge in [-0.05, 0) is 69.7 Å². The zero-order valence-electron chi connectivity index (χ0n) is 24.2. The molecule has 1 N–H and O–H groups in total. The minimum atomic E-state index is -4.61. The van der Waals surface area contributed by atoms with Gasteiger partial charge in [0.1, 0.15) is 18.3 Å². The van der Waals surface area contributed by atoms with Gasteiger partial charge in [-0.1, -0.05) is 45.7 Å². The number of hydrogen-bond acceptors (Lipinski definition) is 7. The second-order valence-corrected chi connectivity index (χ2v) is 13.2. The van der Waals surface area contributed by atoms with Crippen LogP contribution >= 0.6 is 27.5 Å². The fraction of sp³-hybridized carbons (Fsp3) is 0.310. The van der Waals surface area contributed by atoms with Crippen molar-refractivity contribution in [3.63, 3.8) is 0 Å². The molecule has 0 bridgehead atoms. The number of nitro groups is 1. The molecule has 0 aliphatic carbocycles. The van der Waals surface area contributed by atoms with Crippen molar-refractivity contribution in [2.24, 2.45) is 0 Å². The third kappa shape index (κ3) is 8.24. The average molecular weight is 696 g/mol. The number of carbonyl (C=O) groups excluding carboxylic acids is 2. The molecule has 0 heterocycles. The number of methoxy groups -OCH3 is 1. The number of ether oxygens (including phenoxy) is 1. The van der Waals surface area contributed by atoms with Crippen molar-refractivity contribution in [2.45, 2.75) is 51.2 Å². The molecule has 43 heavy (non-hydrogen) atoms. The second kappa shape index (κ2) is 14.2. The first-order valence-corrected chi connectivity index (χ1v) is 15.7. The molecule has 0 aliphatic heterocycles. The van der Waals surface area contributed by atoms with Crippen LogP contribution in [0.3, 0.4) is 0 Å². The Labute approximate surface area is 264 Å². The van der Waals surface area contributed by atoms with Crippen LogP contribution in [0.5, 0.6) is 5.75 Å². The van der Waals surface area contributed by atoms with Gasteiger partial charge in [0, 0.05) is 33.7 Å². The third-order valence-corrected chi connectivity index (χ3v) is 8.98. The number of anilines is 1. The minimum absolute atomic E-state index is 0.0124. The Hall–Kier alpha value is -3.68. The van der Waals surface area contributed by atoms with Crippen LogP contribution in [-0.4, -0.2) is 55.8 Å². The van der Waals surface area contributed by atoms with E-state index in [4.69, 9.17) is 16.3 Å². The van der Waals surface area contributed by atoms with Gasteiger partial charge in [-0.3, -0.25) is 24.0 Å². The first-order chi connectivity index (χ1) is 20.1. The summed E-state index contributed by atoms with van der Waals surface area (Å²) in [5.74, 6) is -1.05. The largest absolute Gasteiger partial charge is 0.495 e. The van der Waals surface area contributed by atoms with Crippen LogP contribution in [0.2, 0.25) is 5.02 Å². The van der Waals surface area contributed by atoms with E-state index in [1.165, 1.54) is 49.3 Å². The van der Waals surface area contributed by atoms with Gasteiger partial charge in [0.25, 0.3) is 15.7 Å². The molecule has 11 nitrogen and oxygen atoms in total. The Bertz CT molecular complexity index is 1630. The van der Waals surface area contributed by atoms with E-state index >= 15 is 0 Å². The van der Waals surface area contributed by atoms with Gasteiger partial charge in [0.05, 0.1) is 22.6 Å². The molecule has 1 atom stereocenters. The van der Waals surface area contributed by atoms with Crippen LogP contribution in [0.15, 0.2) is 70.0 Å². The number of carbonyl (C=O) groups is 2. The summed E-state index contributed by atoms with van der Waals surface area (Å²) in [4.78, 5) is 38.9. The van der Waals surface area contributed by atoms with Crippen LogP contribution < -0.4 is 14.4 Å². The molecule has 2 amide bonds. The third-order valence-electron chi connectivity index (χ3n) is 6.49. The Morgan fingerprint density at radius 3 is 2.40 bits per heavy atom. The summed E-state index contributed by atoms with van der Waals surface area (Å²) in [7, 11) is -3.29. The van der Waals surface area contributed by atoms with Crippen molar-refractivity contribution in [1.29, 1.82) is 0 Å². The molecule has 3 aromatic carbocycles. The van der Waals surface area contributed by atoms with Crippen molar-refractivity contribution in [1.82, 2.24) is 10.2 Å². The van der Waals surface area contributed by atoms with Crippen LogP contribution in [0.1, 0.15) is 31.9 Å². The highest BCUT2D eigenvalue weighted by Gasteiger charge is 2.35. The van der Waals surface area contributed by atoms with Gasteiger partial charge in [0.2, 0.25) is 11.8 Å². The minimum Gasteiger partial charge on any atom is -0.495 e. The fourth-order valence-corrected chi connectivity index (χ4v) is 6.31. The SMILES string of the molecule is COc1ccc(Cl)cc1N(CC(=O)N(Cc1cccc(Br)c1)[C@@H](C)C(=O)NC(C)C)S(=O)(=O)c1ccc(C)c([N+](=O)[O-])c1. The van der Waals surface area contributed by atoms with E-state index in [1.54, 1.807) is 39.0 Å². The number of amides is 2. The Kier molecular flexibility index (Phi) is 11.2. The van der Waals surface area contributed by atoms with Gasteiger partial charge in [0.15, 0.2) is 0 Å². The van der Waals surface area contributed by atoms with Gasteiger partial charge < -0.3 is 15.0 Å². The first-order valence-electron chi connectivity index (χ1n) is 13.1. The zero-order valence-corrected chi connectivity index (χ0v) is 27.4. The lowest BCUT2D eigenvalue weighted by Crippen LogP contribution is -2.52. The van der Waals surface area contributed by atoms with Crippen molar-refractivity contribution < 1.29 is 27.7 Å². The summed E-state index contributed by atoms with van der Waals surface area (Å²) in [6.07, 6.45) is 0. The molecule has 0 aliphatic rings. The van der Waals surface area contributed by atoms with E-state index in [0.717, 1.165) is 14.8 Å². The quantitative estimate of drug-likeness (QED) is 0.196. The van der Waals surface area contributed by atoms with E-state index in [9.17, 15) is 28.1 Å². The molecule has 0 saturated carbocycles. The molecule has 14 heteroatoms. The number of benzene rings is 3. The molecular weight excluding hydrogens is 664 g/mol. The normalized spacial score (nSPS) is 12.0. The maximum absolute atomic E-state index is 14.2. The molecule has 3 rings (SSSR count). The second-order valence-electron chi connectivity index (χ2n) is 10.0. The number of nitrogens with zero attached hydrogens (tertiary/aromatic N) is 3. The predicted molar refractivity (Wildman–Crippen MR) is 168 cm³/mol. The highest BCUT2D eigenvalue weighted by Crippen LogP contribution is 2.36. The van der Waals surface area contributed by atoms with Crippen LogP contribution in [0, 0.1) is 17.0 Å². The van der Waals surface area contributed by atoms with Crippen molar-refractivity contribution in [3.05, 3.63) is 91.4 Å². The molecule has 0 fully saturated rings. The smallest absolute Gasteiger partial charge is 0.273 e. The summed E-state index contributed by atoms with van der Waals surface area (Å²) in [5.41, 5.74) is 0.488. The number of halogens is 2. The molecule has 0 unspecified atom stereocenters. The Balaban J connectivity index is 2.17. The van der Waals surface area contributed by atoms with Gasteiger partial charge in [-0.2, -0.15) is 0 Å². The molecule has 0 radical (unpaired) electrons. The van der Waals surface area contributed by atoms with E-state index < -0.39 is 49.9 Å². The standard InChI is InChI=1S/C29H32BrClN4O7S/c1-18(2)32-29(37)20(4)33(16-21-7-6-8-22(30)13-21)28(36)17-34(26-14-23(31)10-12-27(26)42-5)43(40,41)24-11-9-19(3)25(15-24)35(38)39/h6-15,18,20H,16-17H2,1-5H3,(H,32,37)/t20-/m0/s1. The summed E-state index contributed by atoms with van der Waals surface area (Å²) < 4.78 is 35.3. The summed E-state index contributed by atoms with van der Waals surface area (Å²) in [6.45, 7) is 5.82. The van der Waals surface area contributed by atoms with E-state index in [0.29, 0.717) is 5.56 Å². The molecule has 0 spiro atoms. The molecule has 3 aromatic rings. The fourth-order valence-electron chi connectivity index (χ4n) is 4.26. The number of aryl methyl sites for hydroxylation is 1. The topological polar surface area (TPSA) is 139 Å². The lowest BCUT2D eigenvalue weighted by Gasteiger charge is -2.32. The molecule has 0 aromatic heterocycles. The first kappa shape index (κ1) is 33.8. The number of nitro benzene ring substituents is 1. The van der Waals surface area contributed by atoms with Gasteiger partial charge in [-0.15, -0.1) is 0 Å². The van der Waals surface area contributed by atoms with Crippen LogP contribution in [0.4, 0.5) is 11.4 Å². The maximum atomic E-state index is 14.2. The molecule has 230 valence electrons. The highest BCUT2D eigenvalue weighted by molar-refractivity contribution is 9.10. The van der Waals surface area contributed by atoms with Crippen molar-refractivity contribution in [3.8, 4) is 5.75 Å².